The summed E-state index contributed by atoms with van der Waals surface area (Å²) in [5.74, 6) is -3.62. The summed E-state index contributed by atoms with van der Waals surface area (Å²) in [6.45, 7) is 0. The molecule has 0 aliphatic carbocycles. The second-order valence-electron chi connectivity index (χ2n) is 3.73. The van der Waals surface area contributed by atoms with Crippen LogP contribution in [0.25, 0.3) is 0 Å². The van der Waals surface area contributed by atoms with E-state index in [9.17, 15) is 22.0 Å². The Morgan fingerprint density at radius 1 is 1.47 bits per heavy atom. The summed E-state index contributed by atoms with van der Waals surface area (Å²) in [7, 11) is -3.22. The minimum Gasteiger partial charge on any atom is -0.481 e. The van der Waals surface area contributed by atoms with E-state index in [4.69, 9.17) is 5.11 Å². The molecule has 2 unspecified atom stereocenters. The second-order valence-corrected chi connectivity index (χ2v) is 5.96. The van der Waals surface area contributed by atoms with Crippen molar-refractivity contribution in [2.24, 2.45) is 11.8 Å². The fourth-order valence-corrected chi connectivity index (χ4v) is 3.71. The Hall–Kier alpha value is -0.720. The van der Waals surface area contributed by atoms with Crippen LogP contribution in [0.5, 0.6) is 0 Å². The highest BCUT2D eigenvalue weighted by molar-refractivity contribution is 7.91. The van der Waals surface area contributed by atoms with E-state index < -0.39 is 40.5 Å². The van der Waals surface area contributed by atoms with Gasteiger partial charge in [-0.1, -0.05) is 0 Å². The molecule has 0 saturated carbocycles. The van der Waals surface area contributed by atoms with E-state index in [0.717, 1.165) is 0 Å². The van der Waals surface area contributed by atoms with Crippen molar-refractivity contribution in [3.05, 3.63) is 0 Å². The van der Waals surface area contributed by atoms with E-state index in [1.54, 1.807) is 0 Å². The monoisotopic (exact) mass is 242 g/mol. The van der Waals surface area contributed by atoms with Gasteiger partial charge < -0.3 is 5.11 Å². The summed E-state index contributed by atoms with van der Waals surface area (Å²) in [5.41, 5.74) is 0. The molecule has 1 N–H and O–H groups in total. The van der Waals surface area contributed by atoms with E-state index in [1.165, 1.54) is 0 Å². The number of carbonyl (C=O) groups is 1. The number of hydrogen-bond donors (Lipinski definition) is 1. The normalized spacial score (nSPS) is 26.7. The van der Waals surface area contributed by atoms with Gasteiger partial charge in [0, 0.05) is 6.42 Å². The zero-order chi connectivity index (χ0) is 11.6. The number of halogens is 2. The molecule has 0 aromatic heterocycles. The molecular weight excluding hydrogens is 230 g/mol. The van der Waals surface area contributed by atoms with Gasteiger partial charge in [-0.05, 0) is 12.3 Å². The molecule has 2 atom stereocenters. The maximum atomic E-state index is 12.1. The summed E-state index contributed by atoms with van der Waals surface area (Å²) >= 11 is 0. The van der Waals surface area contributed by atoms with Crippen LogP contribution in [0, 0.1) is 11.8 Å². The quantitative estimate of drug-likeness (QED) is 0.790. The molecule has 1 aliphatic heterocycles. The Balaban J connectivity index is 2.70. The number of aliphatic carboxylic acids is 1. The average molecular weight is 242 g/mol. The Kier molecular flexibility index (Phi) is 3.64. The number of sulfone groups is 1. The summed E-state index contributed by atoms with van der Waals surface area (Å²) in [6.07, 6.45) is -3.31. The Morgan fingerprint density at radius 2 is 2.07 bits per heavy atom. The molecule has 1 heterocycles. The van der Waals surface area contributed by atoms with Crippen LogP contribution in [0.1, 0.15) is 12.8 Å². The van der Waals surface area contributed by atoms with Gasteiger partial charge in [0.05, 0.1) is 17.4 Å². The van der Waals surface area contributed by atoms with Gasteiger partial charge in [-0.2, -0.15) is 0 Å². The third-order valence-electron chi connectivity index (χ3n) is 2.59. The third-order valence-corrected chi connectivity index (χ3v) is 4.38. The molecular formula is C8H12F2O4S. The number of carboxylic acids is 1. The highest BCUT2D eigenvalue weighted by Crippen LogP contribution is 2.30. The lowest BCUT2D eigenvalue weighted by molar-refractivity contribution is -0.145. The van der Waals surface area contributed by atoms with E-state index in [-0.39, 0.29) is 17.9 Å². The molecule has 0 aromatic rings. The molecule has 1 fully saturated rings. The van der Waals surface area contributed by atoms with E-state index in [1.807, 2.05) is 0 Å². The fraction of sp³-hybridized carbons (Fsp3) is 0.875. The first-order valence-electron chi connectivity index (χ1n) is 4.53. The van der Waals surface area contributed by atoms with Crippen molar-refractivity contribution in [1.82, 2.24) is 0 Å². The minimum atomic E-state index is -3.22. The zero-order valence-electron chi connectivity index (χ0n) is 7.90. The van der Waals surface area contributed by atoms with Crippen LogP contribution < -0.4 is 0 Å². The third kappa shape index (κ3) is 3.40. The van der Waals surface area contributed by atoms with E-state index in [2.05, 4.69) is 0 Å². The van der Waals surface area contributed by atoms with Gasteiger partial charge in [-0.15, -0.1) is 0 Å². The van der Waals surface area contributed by atoms with Crippen molar-refractivity contribution >= 4 is 15.8 Å². The van der Waals surface area contributed by atoms with Crippen molar-refractivity contribution in [3.8, 4) is 0 Å². The molecule has 0 bridgehead atoms. The molecule has 0 amide bonds. The topological polar surface area (TPSA) is 71.4 Å². The summed E-state index contributed by atoms with van der Waals surface area (Å²) in [6, 6.07) is 0. The van der Waals surface area contributed by atoms with Gasteiger partial charge >= 0.3 is 5.97 Å². The fourth-order valence-electron chi connectivity index (χ4n) is 1.83. The Bertz CT molecular complexity index is 339. The summed E-state index contributed by atoms with van der Waals surface area (Å²) in [4.78, 5) is 10.7. The molecule has 0 spiro atoms. The van der Waals surface area contributed by atoms with Gasteiger partial charge in [0.25, 0.3) is 0 Å². The lowest BCUT2D eigenvalue weighted by atomic mass is 9.89. The first kappa shape index (κ1) is 12.4. The minimum absolute atomic E-state index is 0.0926. The highest BCUT2D eigenvalue weighted by atomic mass is 32.2. The summed E-state index contributed by atoms with van der Waals surface area (Å²) in [5, 5.41) is 8.72. The number of hydrogen-bond acceptors (Lipinski definition) is 3. The molecule has 0 aromatic carbocycles. The van der Waals surface area contributed by atoms with Gasteiger partial charge in [0.2, 0.25) is 6.43 Å². The van der Waals surface area contributed by atoms with Gasteiger partial charge in [0.1, 0.15) is 0 Å². The van der Waals surface area contributed by atoms with Crippen LogP contribution in [0.15, 0.2) is 0 Å². The van der Waals surface area contributed by atoms with Crippen molar-refractivity contribution in [1.29, 1.82) is 0 Å². The van der Waals surface area contributed by atoms with Gasteiger partial charge in [-0.3, -0.25) is 4.79 Å². The molecule has 15 heavy (non-hydrogen) atoms. The molecule has 4 nitrogen and oxygen atoms in total. The Morgan fingerprint density at radius 3 is 2.40 bits per heavy atom. The van der Waals surface area contributed by atoms with Crippen LogP contribution in [-0.4, -0.2) is 37.4 Å². The number of carboxylic acid groups (broad SMARTS) is 1. The van der Waals surface area contributed by atoms with Crippen molar-refractivity contribution in [2.75, 3.05) is 11.5 Å². The zero-order valence-corrected chi connectivity index (χ0v) is 8.71. The van der Waals surface area contributed by atoms with Crippen molar-refractivity contribution in [3.63, 3.8) is 0 Å². The van der Waals surface area contributed by atoms with E-state index in [0.29, 0.717) is 0 Å². The van der Waals surface area contributed by atoms with Crippen molar-refractivity contribution < 1.29 is 27.1 Å². The van der Waals surface area contributed by atoms with Crippen LogP contribution in [0.3, 0.4) is 0 Å². The Labute approximate surface area is 86.2 Å². The lowest BCUT2D eigenvalue weighted by Gasteiger charge is -2.17. The molecule has 1 saturated heterocycles. The highest BCUT2D eigenvalue weighted by Gasteiger charge is 2.38. The standard InChI is InChI=1S/C8H12F2O4S/c9-7(10)3-6(8(11)12)5-1-2-15(13,14)4-5/h5-7H,1-4H2,(H,11,12). The lowest BCUT2D eigenvalue weighted by Crippen LogP contribution is -2.26. The molecule has 0 radical (unpaired) electrons. The van der Waals surface area contributed by atoms with Crippen LogP contribution >= 0.6 is 0 Å². The molecule has 88 valence electrons. The largest absolute Gasteiger partial charge is 0.481 e. The van der Waals surface area contributed by atoms with Crippen LogP contribution in [-0.2, 0) is 14.6 Å². The maximum absolute atomic E-state index is 12.1. The smallest absolute Gasteiger partial charge is 0.307 e. The number of rotatable bonds is 4. The number of alkyl halides is 2. The molecule has 7 heteroatoms. The molecule has 1 aliphatic rings. The average Bonchev–Trinajstić information content (AvgIpc) is 2.41. The van der Waals surface area contributed by atoms with Crippen LogP contribution in [0.2, 0.25) is 0 Å². The molecule has 1 rings (SSSR count). The maximum Gasteiger partial charge on any atom is 0.307 e. The van der Waals surface area contributed by atoms with Gasteiger partial charge in [0.15, 0.2) is 9.84 Å². The van der Waals surface area contributed by atoms with Gasteiger partial charge in [-0.25, -0.2) is 17.2 Å². The second kappa shape index (κ2) is 4.42. The van der Waals surface area contributed by atoms with Crippen LogP contribution in [0.4, 0.5) is 8.78 Å². The predicted molar refractivity (Wildman–Crippen MR) is 48.5 cm³/mol. The first-order valence-corrected chi connectivity index (χ1v) is 6.35. The first-order chi connectivity index (χ1) is 6.82. The predicted octanol–water partition coefficient (Wildman–Crippen LogP) is 0.777. The summed E-state index contributed by atoms with van der Waals surface area (Å²) < 4.78 is 46.3. The van der Waals surface area contributed by atoms with Crippen molar-refractivity contribution in [2.45, 2.75) is 19.3 Å². The SMILES string of the molecule is O=C(O)C(CC(F)F)C1CCS(=O)(=O)C1. The van der Waals surface area contributed by atoms with E-state index >= 15 is 0 Å².